The third-order valence-electron chi connectivity index (χ3n) is 3.61. The van der Waals surface area contributed by atoms with Gasteiger partial charge in [0, 0.05) is 33.6 Å². The van der Waals surface area contributed by atoms with Crippen LogP contribution in [-0.4, -0.2) is 12.5 Å². The van der Waals surface area contributed by atoms with E-state index in [0.717, 1.165) is 0 Å². The van der Waals surface area contributed by atoms with E-state index in [4.69, 9.17) is 11.6 Å². The Morgan fingerprint density at radius 3 is 2.73 bits per heavy atom. The highest BCUT2D eigenvalue weighted by Gasteiger charge is 2.41. The number of amides is 1. The lowest BCUT2D eigenvalue weighted by Crippen LogP contribution is -2.40. The van der Waals surface area contributed by atoms with Gasteiger partial charge in [-0.1, -0.05) is 33.6 Å². The minimum absolute atomic E-state index is 0.0347. The minimum Gasteiger partial charge on any atom is -0.308 e. The molecule has 0 spiro atoms. The van der Waals surface area contributed by atoms with Crippen LogP contribution in [-0.2, 0) is 5.92 Å². The van der Waals surface area contributed by atoms with Crippen LogP contribution < -0.4 is 4.90 Å². The number of halogens is 4. The van der Waals surface area contributed by atoms with E-state index in [9.17, 15) is 13.6 Å². The lowest BCUT2D eigenvalue weighted by atomic mass is 9.97. The summed E-state index contributed by atoms with van der Waals surface area (Å²) in [5, 5.41) is 0.434. The predicted octanol–water partition coefficient (Wildman–Crippen LogP) is 5.24. The Morgan fingerprint density at radius 1 is 1.23 bits per heavy atom. The Hall–Kier alpha value is -1.46. The van der Waals surface area contributed by atoms with Crippen LogP contribution in [0, 0.1) is 0 Å². The topological polar surface area (TPSA) is 20.3 Å². The monoisotopic (exact) mass is 385 g/mol. The van der Waals surface area contributed by atoms with Crippen molar-refractivity contribution in [3.8, 4) is 0 Å². The van der Waals surface area contributed by atoms with Gasteiger partial charge in [0.05, 0.1) is 5.69 Å². The first kappa shape index (κ1) is 15.4. The van der Waals surface area contributed by atoms with Crippen LogP contribution in [0.5, 0.6) is 0 Å². The van der Waals surface area contributed by atoms with Gasteiger partial charge in [0.25, 0.3) is 11.8 Å². The molecule has 0 atom stereocenters. The SMILES string of the molecule is O=C(c1cccc(Cl)c1)N1CCC(F)(F)c2cc(Br)ccc21. The van der Waals surface area contributed by atoms with E-state index in [1.54, 1.807) is 24.3 Å². The summed E-state index contributed by atoms with van der Waals surface area (Å²) < 4.78 is 28.8. The molecular formula is C16H11BrClF2NO. The zero-order valence-corrected chi connectivity index (χ0v) is 13.7. The molecule has 0 bridgehead atoms. The minimum atomic E-state index is -2.94. The van der Waals surface area contributed by atoms with E-state index in [1.807, 2.05) is 0 Å². The standard InChI is InChI=1S/C16H11BrClF2NO/c17-11-4-5-14-13(9-11)16(19,20)6-7-21(14)15(22)10-2-1-3-12(18)8-10/h1-5,8-9H,6-7H2. The average molecular weight is 387 g/mol. The normalized spacial score (nSPS) is 16.3. The summed E-state index contributed by atoms with van der Waals surface area (Å²) in [6, 6.07) is 11.0. The molecule has 0 aliphatic carbocycles. The van der Waals surface area contributed by atoms with Gasteiger partial charge in [-0.05, 0) is 36.4 Å². The number of anilines is 1. The van der Waals surface area contributed by atoms with Crippen LogP contribution in [0.25, 0.3) is 0 Å². The average Bonchev–Trinajstić information content (AvgIpc) is 2.47. The van der Waals surface area contributed by atoms with Crippen molar-refractivity contribution >= 4 is 39.1 Å². The van der Waals surface area contributed by atoms with Crippen LogP contribution in [0.3, 0.4) is 0 Å². The molecule has 3 rings (SSSR count). The van der Waals surface area contributed by atoms with Crippen LogP contribution in [0.4, 0.5) is 14.5 Å². The lowest BCUT2D eigenvalue weighted by Gasteiger charge is -2.34. The van der Waals surface area contributed by atoms with Crippen molar-refractivity contribution in [3.05, 3.63) is 63.1 Å². The van der Waals surface area contributed by atoms with Crippen LogP contribution >= 0.6 is 27.5 Å². The molecule has 0 fully saturated rings. The van der Waals surface area contributed by atoms with Crippen molar-refractivity contribution < 1.29 is 13.6 Å². The first-order chi connectivity index (χ1) is 10.4. The van der Waals surface area contributed by atoms with Crippen molar-refractivity contribution in [1.82, 2.24) is 0 Å². The Balaban J connectivity index is 2.05. The number of carbonyl (C=O) groups excluding carboxylic acids is 1. The first-order valence-corrected chi connectivity index (χ1v) is 7.81. The maximum absolute atomic E-state index is 14.1. The highest BCUT2D eigenvalue weighted by molar-refractivity contribution is 9.10. The molecule has 1 amide bonds. The molecule has 114 valence electrons. The van der Waals surface area contributed by atoms with E-state index < -0.39 is 12.3 Å². The molecule has 6 heteroatoms. The lowest BCUT2D eigenvalue weighted by molar-refractivity contribution is -0.0147. The zero-order chi connectivity index (χ0) is 15.9. The second kappa shape index (κ2) is 5.63. The third kappa shape index (κ3) is 2.75. The van der Waals surface area contributed by atoms with E-state index in [2.05, 4.69) is 15.9 Å². The quantitative estimate of drug-likeness (QED) is 0.656. The molecule has 0 saturated heterocycles. The molecule has 1 heterocycles. The van der Waals surface area contributed by atoms with E-state index in [0.29, 0.717) is 15.1 Å². The first-order valence-electron chi connectivity index (χ1n) is 6.64. The van der Waals surface area contributed by atoms with Gasteiger partial charge in [0.2, 0.25) is 0 Å². The van der Waals surface area contributed by atoms with E-state index >= 15 is 0 Å². The smallest absolute Gasteiger partial charge is 0.277 e. The zero-order valence-electron chi connectivity index (χ0n) is 11.3. The van der Waals surface area contributed by atoms with Crippen molar-refractivity contribution in [3.63, 3.8) is 0 Å². The Morgan fingerprint density at radius 2 is 2.00 bits per heavy atom. The van der Waals surface area contributed by atoms with Crippen molar-refractivity contribution in [2.45, 2.75) is 12.3 Å². The van der Waals surface area contributed by atoms with E-state index in [1.165, 1.54) is 23.1 Å². The largest absolute Gasteiger partial charge is 0.308 e. The number of hydrogen-bond acceptors (Lipinski definition) is 1. The summed E-state index contributed by atoms with van der Waals surface area (Å²) in [4.78, 5) is 14.0. The van der Waals surface area contributed by atoms with Gasteiger partial charge in [-0.25, -0.2) is 8.78 Å². The van der Waals surface area contributed by atoms with Crippen LogP contribution in [0.2, 0.25) is 5.02 Å². The Bertz CT molecular complexity index is 751. The summed E-state index contributed by atoms with van der Waals surface area (Å²) in [7, 11) is 0. The van der Waals surface area contributed by atoms with E-state index in [-0.39, 0.29) is 23.7 Å². The number of benzene rings is 2. The molecule has 1 aliphatic heterocycles. The van der Waals surface area contributed by atoms with Gasteiger partial charge in [-0.15, -0.1) is 0 Å². The van der Waals surface area contributed by atoms with Crippen LogP contribution in [0.1, 0.15) is 22.3 Å². The molecule has 0 saturated carbocycles. The second-order valence-electron chi connectivity index (χ2n) is 5.08. The molecule has 0 aromatic heterocycles. The van der Waals surface area contributed by atoms with Crippen molar-refractivity contribution in [1.29, 1.82) is 0 Å². The molecule has 0 radical (unpaired) electrons. The fourth-order valence-corrected chi connectivity index (χ4v) is 3.08. The maximum Gasteiger partial charge on any atom is 0.277 e. The number of hydrogen-bond donors (Lipinski definition) is 0. The summed E-state index contributed by atoms with van der Waals surface area (Å²) in [6.45, 7) is -0.0347. The van der Waals surface area contributed by atoms with Crippen LogP contribution in [0.15, 0.2) is 46.9 Å². The molecule has 0 unspecified atom stereocenters. The van der Waals surface area contributed by atoms with Gasteiger partial charge < -0.3 is 4.90 Å². The number of fused-ring (bicyclic) bond motifs is 1. The molecule has 1 aliphatic rings. The molecule has 2 nitrogen and oxygen atoms in total. The summed E-state index contributed by atoms with van der Waals surface area (Å²) in [5.41, 5.74) is 0.486. The fourth-order valence-electron chi connectivity index (χ4n) is 2.53. The maximum atomic E-state index is 14.1. The number of rotatable bonds is 1. The molecule has 22 heavy (non-hydrogen) atoms. The summed E-state index contributed by atoms with van der Waals surface area (Å²) in [5.74, 6) is -3.27. The highest BCUT2D eigenvalue weighted by atomic mass is 79.9. The van der Waals surface area contributed by atoms with Gasteiger partial charge in [-0.2, -0.15) is 0 Å². The predicted molar refractivity (Wildman–Crippen MR) is 85.8 cm³/mol. The van der Waals surface area contributed by atoms with Gasteiger partial charge in [0.1, 0.15) is 0 Å². The molecule has 0 N–H and O–H groups in total. The van der Waals surface area contributed by atoms with Crippen molar-refractivity contribution in [2.75, 3.05) is 11.4 Å². The highest BCUT2D eigenvalue weighted by Crippen LogP contribution is 2.43. The third-order valence-corrected chi connectivity index (χ3v) is 4.34. The van der Waals surface area contributed by atoms with Crippen molar-refractivity contribution in [2.24, 2.45) is 0 Å². The number of carbonyl (C=O) groups is 1. The molecule has 2 aromatic rings. The molecular weight excluding hydrogens is 376 g/mol. The van der Waals surface area contributed by atoms with Gasteiger partial charge in [0.15, 0.2) is 0 Å². The number of alkyl halides is 2. The fraction of sp³-hybridized carbons (Fsp3) is 0.188. The second-order valence-corrected chi connectivity index (χ2v) is 6.44. The molecule has 2 aromatic carbocycles. The van der Waals surface area contributed by atoms with Gasteiger partial charge in [-0.3, -0.25) is 4.79 Å². The van der Waals surface area contributed by atoms with Gasteiger partial charge >= 0.3 is 0 Å². The number of nitrogens with zero attached hydrogens (tertiary/aromatic N) is 1. The summed E-state index contributed by atoms with van der Waals surface area (Å²) in [6.07, 6.45) is -0.400. The Labute approximate surface area is 139 Å². The summed E-state index contributed by atoms with van der Waals surface area (Å²) >= 11 is 9.10. The Kier molecular flexibility index (Phi) is 3.95.